The van der Waals surface area contributed by atoms with Gasteiger partial charge in [-0.05, 0) is 24.6 Å². The van der Waals surface area contributed by atoms with Crippen molar-refractivity contribution in [1.82, 2.24) is 5.32 Å². The fourth-order valence-corrected chi connectivity index (χ4v) is 1.52. The molecule has 0 bridgehead atoms. The van der Waals surface area contributed by atoms with Crippen LogP contribution in [0.15, 0.2) is 24.3 Å². The Kier molecular flexibility index (Phi) is 2.95. The average molecular weight is 176 g/mol. The molecule has 1 radical (unpaired) electrons. The summed E-state index contributed by atoms with van der Waals surface area (Å²) >= 11 is 0. The molecule has 0 aliphatic carbocycles. The SMILES string of the molecule is [c]1ccccc1C1CNCCCO1. The maximum atomic E-state index is 5.70. The summed E-state index contributed by atoms with van der Waals surface area (Å²) in [7, 11) is 0. The van der Waals surface area contributed by atoms with E-state index in [0.717, 1.165) is 31.7 Å². The Bertz CT molecular complexity index is 240. The summed E-state index contributed by atoms with van der Waals surface area (Å²) in [4.78, 5) is 0. The van der Waals surface area contributed by atoms with Crippen molar-refractivity contribution in [3.05, 3.63) is 35.9 Å². The topological polar surface area (TPSA) is 21.3 Å². The van der Waals surface area contributed by atoms with Crippen LogP contribution in [0.3, 0.4) is 0 Å². The third-order valence-corrected chi connectivity index (χ3v) is 2.23. The molecule has 1 heterocycles. The van der Waals surface area contributed by atoms with Gasteiger partial charge in [-0.25, -0.2) is 0 Å². The predicted molar refractivity (Wildman–Crippen MR) is 51.5 cm³/mol. The summed E-state index contributed by atoms with van der Waals surface area (Å²) in [5.74, 6) is 0. The molecule has 2 rings (SSSR count). The summed E-state index contributed by atoms with van der Waals surface area (Å²) in [5.41, 5.74) is 1.15. The Morgan fingerprint density at radius 1 is 1.46 bits per heavy atom. The lowest BCUT2D eigenvalue weighted by atomic mass is 10.1. The van der Waals surface area contributed by atoms with E-state index < -0.39 is 0 Å². The first-order valence-corrected chi connectivity index (χ1v) is 4.76. The fraction of sp³-hybridized carbons (Fsp3) is 0.455. The smallest absolute Gasteiger partial charge is 0.0955 e. The zero-order valence-corrected chi connectivity index (χ0v) is 7.62. The highest BCUT2D eigenvalue weighted by Crippen LogP contribution is 2.17. The van der Waals surface area contributed by atoms with Crippen molar-refractivity contribution in [2.45, 2.75) is 12.5 Å². The third-order valence-electron chi connectivity index (χ3n) is 2.23. The van der Waals surface area contributed by atoms with Gasteiger partial charge in [-0.3, -0.25) is 0 Å². The van der Waals surface area contributed by atoms with Crippen molar-refractivity contribution in [3.8, 4) is 0 Å². The summed E-state index contributed by atoms with van der Waals surface area (Å²) in [6.07, 6.45) is 1.28. The van der Waals surface area contributed by atoms with E-state index in [-0.39, 0.29) is 6.10 Å². The van der Waals surface area contributed by atoms with Gasteiger partial charge in [-0.1, -0.05) is 24.3 Å². The van der Waals surface area contributed by atoms with Crippen LogP contribution in [0.25, 0.3) is 0 Å². The largest absolute Gasteiger partial charge is 0.372 e. The molecular formula is C11H14NO. The van der Waals surface area contributed by atoms with Gasteiger partial charge in [-0.15, -0.1) is 0 Å². The Labute approximate surface area is 78.9 Å². The molecule has 1 aliphatic rings. The molecule has 1 saturated heterocycles. The molecule has 69 valence electrons. The molecule has 1 aromatic carbocycles. The van der Waals surface area contributed by atoms with Gasteiger partial charge in [0.1, 0.15) is 0 Å². The number of rotatable bonds is 1. The molecule has 0 spiro atoms. The van der Waals surface area contributed by atoms with Crippen molar-refractivity contribution in [2.24, 2.45) is 0 Å². The molecular weight excluding hydrogens is 162 g/mol. The van der Waals surface area contributed by atoms with Gasteiger partial charge in [-0.2, -0.15) is 0 Å². The van der Waals surface area contributed by atoms with Crippen LogP contribution in [0.5, 0.6) is 0 Å². The van der Waals surface area contributed by atoms with Crippen molar-refractivity contribution >= 4 is 0 Å². The molecule has 1 unspecified atom stereocenters. The Morgan fingerprint density at radius 2 is 2.46 bits per heavy atom. The Morgan fingerprint density at radius 3 is 3.31 bits per heavy atom. The normalized spacial score (nSPS) is 23.8. The van der Waals surface area contributed by atoms with Gasteiger partial charge in [0.2, 0.25) is 0 Å². The zero-order chi connectivity index (χ0) is 8.93. The molecule has 1 fully saturated rings. The van der Waals surface area contributed by atoms with Crippen LogP contribution in [0.2, 0.25) is 0 Å². The van der Waals surface area contributed by atoms with Crippen LogP contribution in [0, 0.1) is 6.07 Å². The summed E-state index contributed by atoms with van der Waals surface area (Å²) in [6, 6.07) is 11.2. The lowest BCUT2D eigenvalue weighted by Crippen LogP contribution is -2.20. The van der Waals surface area contributed by atoms with E-state index in [9.17, 15) is 0 Å². The minimum atomic E-state index is 0.184. The number of ether oxygens (including phenoxy) is 1. The number of benzene rings is 1. The average Bonchev–Trinajstić information content (AvgIpc) is 2.47. The van der Waals surface area contributed by atoms with E-state index in [1.54, 1.807) is 0 Å². The summed E-state index contributed by atoms with van der Waals surface area (Å²) < 4.78 is 5.70. The Balaban J connectivity index is 2.06. The van der Waals surface area contributed by atoms with Gasteiger partial charge in [0.15, 0.2) is 0 Å². The molecule has 1 aliphatic heterocycles. The molecule has 0 aromatic heterocycles. The first kappa shape index (κ1) is 8.73. The van der Waals surface area contributed by atoms with Crippen LogP contribution in [0.1, 0.15) is 18.1 Å². The molecule has 2 nitrogen and oxygen atoms in total. The number of hydrogen-bond donors (Lipinski definition) is 1. The van der Waals surface area contributed by atoms with E-state index in [2.05, 4.69) is 17.4 Å². The van der Waals surface area contributed by atoms with Gasteiger partial charge in [0.25, 0.3) is 0 Å². The number of nitrogens with one attached hydrogen (secondary N) is 1. The minimum absolute atomic E-state index is 0.184. The molecule has 1 atom stereocenters. The quantitative estimate of drug-likeness (QED) is 0.700. The predicted octanol–water partition coefficient (Wildman–Crippen LogP) is 1.54. The molecule has 2 heteroatoms. The van der Waals surface area contributed by atoms with Crippen molar-refractivity contribution in [2.75, 3.05) is 19.7 Å². The highest BCUT2D eigenvalue weighted by Gasteiger charge is 2.13. The molecule has 1 aromatic rings. The van der Waals surface area contributed by atoms with Crippen LogP contribution in [-0.4, -0.2) is 19.7 Å². The van der Waals surface area contributed by atoms with Crippen LogP contribution >= 0.6 is 0 Å². The Hall–Kier alpha value is -0.860. The summed E-state index contributed by atoms with van der Waals surface area (Å²) in [5, 5.41) is 3.35. The lowest BCUT2D eigenvalue weighted by Gasteiger charge is -2.14. The first-order valence-electron chi connectivity index (χ1n) is 4.76. The molecule has 1 N–H and O–H groups in total. The fourth-order valence-electron chi connectivity index (χ4n) is 1.52. The van der Waals surface area contributed by atoms with Crippen molar-refractivity contribution < 1.29 is 4.74 Å². The van der Waals surface area contributed by atoms with E-state index >= 15 is 0 Å². The van der Waals surface area contributed by atoms with E-state index in [0.29, 0.717) is 0 Å². The third kappa shape index (κ3) is 2.29. The van der Waals surface area contributed by atoms with Crippen LogP contribution in [0.4, 0.5) is 0 Å². The number of hydrogen-bond acceptors (Lipinski definition) is 2. The highest BCUT2D eigenvalue weighted by atomic mass is 16.5. The van der Waals surface area contributed by atoms with Crippen molar-refractivity contribution in [1.29, 1.82) is 0 Å². The second-order valence-corrected chi connectivity index (χ2v) is 3.24. The second-order valence-electron chi connectivity index (χ2n) is 3.24. The highest BCUT2D eigenvalue weighted by molar-refractivity contribution is 5.16. The molecule has 0 saturated carbocycles. The van der Waals surface area contributed by atoms with Gasteiger partial charge in [0.05, 0.1) is 6.10 Å². The summed E-state index contributed by atoms with van der Waals surface area (Å²) in [6.45, 7) is 2.81. The second kappa shape index (κ2) is 4.40. The van der Waals surface area contributed by atoms with E-state index in [4.69, 9.17) is 4.74 Å². The molecule has 0 amide bonds. The van der Waals surface area contributed by atoms with Gasteiger partial charge >= 0.3 is 0 Å². The first-order chi connectivity index (χ1) is 6.47. The van der Waals surface area contributed by atoms with E-state index in [1.165, 1.54) is 0 Å². The monoisotopic (exact) mass is 176 g/mol. The van der Waals surface area contributed by atoms with Gasteiger partial charge in [0, 0.05) is 13.2 Å². The van der Waals surface area contributed by atoms with E-state index in [1.807, 2.05) is 18.2 Å². The standard InChI is InChI=1S/C11H14NO/c1-2-5-10(6-3-1)11-9-12-7-4-8-13-11/h1-3,5,11-12H,4,7-9H2. The minimum Gasteiger partial charge on any atom is -0.372 e. The van der Waals surface area contributed by atoms with Crippen molar-refractivity contribution in [3.63, 3.8) is 0 Å². The maximum absolute atomic E-state index is 5.70. The lowest BCUT2D eigenvalue weighted by molar-refractivity contribution is 0.0667. The van der Waals surface area contributed by atoms with Crippen LogP contribution < -0.4 is 5.32 Å². The van der Waals surface area contributed by atoms with Gasteiger partial charge < -0.3 is 10.1 Å². The zero-order valence-electron chi connectivity index (χ0n) is 7.62. The van der Waals surface area contributed by atoms with Crippen LogP contribution in [-0.2, 0) is 4.74 Å². The maximum Gasteiger partial charge on any atom is 0.0955 e. The molecule has 13 heavy (non-hydrogen) atoms.